The van der Waals surface area contributed by atoms with E-state index in [0.717, 1.165) is 16.5 Å². The van der Waals surface area contributed by atoms with Gasteiger partial charge in [-0.3, -0.25) is 0 Å². The van der Waals surface area contributed by atoms with Gasteiger partial charge in [0.1, 0.15) is 0 Å². The Morgan fingerprint density at radius 3 is 2.74 bits per heavy atom. The van der Waals surface area contributed by atoms with Crippen LogP contribution in [0.3, 0.4) is 0 Å². The number of ether oxygens (including phenoxy) is 2. The molecule has 0 spiro atoms. The molecule has 0 bridgehead atoms. The first-order chi connectivity index (χ1) is 9.26. The Labute approximate surface area is 112 Å². The van der Waals surface area contributed by atoms with Gasteiger partial charge in [-0.2, -0.15) is 0 Å². The lowest BCUT2D eigenvalue weighted by atomic mass is 10.1. The second-order valence-electron chi connectivity index (χ2n) is 3.95. The van der Waals surface area contributed by atoms with Crippen molar-refractivity contribution >= 4 is 22.9 Å². The lowest BCUT2D eigenvalue weighted by Gasteiger charge is -2.08. The SMILES string of the molecule is CCOC(=O)/C(=C\c1cccc2[nH]ccc12)OCC. The van der Waals surface area contributed by atoms with Crippen LogP contribution in [0.2, 0.25) is 0 Å². The van der Waals surface area contributed by atoms with Crippen molar-refractivity contribution < 1.29 is 14.3 Å². The van der Waals surface area contributed by atoms with Crippen molar-refractivity contribution in [2.45, 2.75) is 13.8 Å². The molecule has 0 fully saturated rings. The summed E-state index contributed by atoms with van der Waals surface area (Å²) in [6.07, 6.45) is 3.59. The third-order valence-electron chi connectivity index (χ3n) is 2.69. The highest BCUT2D eigenvalue weighted by Gasteiger charge is 2.12. The van der Waals surface area contributed by atoms with Gasteiger partial charge in [0.05, 0.1) is 13.2 Å². The molecule has 0 aliphatic rings. The number of carbonyl (C=O) groups excluding carboxylic acids is 1. The van der Waals surface area contributed by atoms with E-state index in [1.54, 1.807) is 13.0 Å². The smallest absolute Gasteiger partial charge is 0.373 e. The minimum Gasteiger partial charge on any atom is -0.487 e. The summed E-state index contributed by atoms with van der Waals surface area (Å²) in [5.74, 6) is -0.199. The van der Waals surface area contributed by atoms with E-state index in [1.165, 1.54) is 0 Å². The standard InChI is InChI=1S/C15H17NO3/c1-3-18-14(15(17)19-4-2)10-11-6-5-7-13-12(11)8-9-16-13/h5-10,16H,3-4H2,1-2H3/b14-10+. The summed E-state index contributed by atoms with van der Waals surface area (Å²) >= 11 is 0. The maximum absolute atomic E-state index is 11.8. The van der Waals surface area contributed by atoms with E-state index in [2.05, 4.69) is 4.98 Å². The molecule has 19 heavy (non-hydrogen) atoms. The van der Waals surface area contributed by atoms with Gasteiger partial charge in [0.2, 0.25) is 5.76 Å². The normalized spacial score (nSPS) is 11.6. The van der Waals surface area contributed by atoms with E-state index in [1.807, 2.05) is 37.4 Å². The third-order valence-corrected chi connectivity index (χ3v) is 2.69. The molecule has 0 aliphatic heterocycles. The van der Waals surface area contributed by atoms with E-state index in [4.69, 9.17) is 9.47 Å². The summed E-state index contributed by atoms with van der Waals surface area (Å²) < 4.78 is 10.3. The fourth-order valence-electron chi connectivity index (χ4n) is 1.89. The van der Waals surface area contributed by atoms with Gasteiger partial charge in [0.15, 0.2) is 0 Å². The number of hydrogen-bond acceptors (Lipinski definition) is 3. The molecule has 0 unspecified atom stereocenters. The fourth-order valence-corrected chi connectivity index (χ4v) is 1.89. The summed E-state index contributed by atoms with van der Waals surface area (Å²) in [7, 11) is 0. The zero-order valence-corrected chi connectivity index (χ0v) is 11.1. The topological polar surface area (TPSA) is 51.3 Å². The molecule has 4 nitrogen and oxygen atoms in total. The Bertz CT molecular complexity index is 598. The Kier molecular flexibility index (Phi) is 4.23. The zero-order chi connectivity index (χ0) is 13.7. The van der Waals surface area contributed by atoms with Gasteiger partial charge < -0.3 is 14.5 Å². The van der Waals surface area contributed by atoms with Crippen LogP contribution in [0.5, 0.6) is 0 Å². The lowest BCUT2D eigenvalue weighted by molar-refractivity contribution is -0.142. The number of fused-ring (bicyclic) bond motifs is 1. The van der Waals surface area contributed by atoms with E-state index < -0.39 is 5.97 Å². The number of carbonyl (C=O) groups is 1. The quantitative estimate of drug-likeness (QED) is 0.510. The fraction of sp³-hybridized carbons (Fsp3) is 0.267. The molecular weight excluding hydrogens is 242 g/mol. The van der Waals surface area contributed by atoms with Crippen LogP contribution in [0.15, 0.2) is 36.2 Å². The lowest BCUT2D eigenvalue weighted by Crippen LogP contribution is -2.10. The summed E-state index contributed by atoms with van der Waals surface area (Å²) in [6, 6.07) is 7.82. The van der Waals surface area contributed by atoms with E-state index in [0.29, 0.717) is 13.2 Å². The van der Waals surface area contributed by atoms with Gasteiger partial charge in [-0.15, -0.1) is 0 Å². The van der Waals surface area contributed by atoms with Crippen molar-refractivity contribution in [1.29, 1.82) is 0 Å². The molecule has 2 rings (SSSR count). The molecule has 1 aromatic carbocycles. The number of hydrogen-bond donors (Lipinski definition) is 1. The second-order valence-corrected chi connectivity index (χ2v) is 3.95. The van der Waals surface area contributed by atoms with Crippen molar-refractivity contribution in [1.82, 2.24) is 4.98 Å². The zero-order valence-electron chi connectivity index (χ0n) is 11.1. The van der Waals surface area contributed by atoms with Gasteiger partial charge >= 0.3 is 5.97 Å². The number of nitrogens with one attached hydrogen (secondary N) is 1. The maximum Gasteiger partial charge on any atom is 0.373 e. The van der Waals surface area contributed by atoms with Crippen molar-refractivity contribution in [3.05, 3.63) is 41.8 Å². The Morgan fingerprint density at radius 2 is 2.00 bits per heavy atom. The van der Waals surface area contributed by atoms with Gasteiger partial charge in [-0.1, -0.05) is 12.1 Å². The molecule has 0 radical (unpaired) electrons. The highest BCUT2D eigenvalue weighted by atomic mass is 16.6. The van der Waals surface area contributed by atoms with Crippen molar-refractivity contribution in [2.24, 2.45) is 0 Å². The molecule has 0 saturated heterocycles. The first-order valence-electron chi connectivity index (χ1n) is 6.34. The van der Waals surface area contributed by atoms with Gasteiger partial charge in [-0.05, 0) is 37.6 Å². The van der Waals surface area contributed by atoms with Crippen molar-refractivity contribution in [2.75, 3.05) is 13.2 Å². The number of aromatic nitrogens is 1. The number of H-pyrrole nitrogens is 1. The van der Waals surface area contributed by atoms with Crippen LogP contribution >= 0.6 is 0 Å². The molecule has 100 valence electrons. The minimum atomic E-state index is -0.433. The molecule has 0 atom stereocenters. The first kappa shape index (κ1) is 13.2. The van der Waals surface area contributed by atoms with Crippen LogP contribution < -0.4 is 0 Å². The second kappa shape index (κ2) is 6.09. The molecule has 0 aliphatic carbocycles. The number of aromatic amines is 1. The van der Waals surface area contributed by atoms with Crippen LogP contribution in [0.25, 0.3) is 17.0 Å². The van der Waals surface area contributed by atoms with Gasteiger partial charge in [0.25, 0.3) is 0 Å². The van der Waals surface area contributed by atoms with Crippen LogP contribution in [-0.4, -0.2) is 24.2 Å². The average molecular weight is 259 g/mol. The number of rotatable bonds is 5. The van der Waals surface area contributed by atoms with Crippen LogP contribution in [0, 0.1) is 0 Å². The van der Waals surface area contributed by atoms with Crippen LogP contribution in [-0.2, 0) is 14.3 Å². The van der Waals surface area contributed by atoms with Gasteiger partial charge in [-0.25, -0.2) is 4.79 Å². The maximum atomic E-state index is 11.8. The van der Waals surface area contributed by atoms with E-state index in [9.17, 15) is 4.79 Å². The van der Waals surface area contributed by atoms with Gasteiger partial charge in [0, 0.05) is 17.1 Å². The largest absolute Gasteiger partial charge is 0.487 e. The third kappa shape index (κ3) is 2.96. The molecule has 1 heterocycles. The number of esters is 1. The molecule has 1 aromatic heterocycles. The minimum absolute atomic E-state index is 0.234. The predicted octanol–water partition coefficient (Wildman–Crippen LogP) is 3.11. The van der Waals surface area contributed by atoms with Crippen molar-refractivity contribution in [3.63, 3.8) is 0 Å². The molecule has 0 saturated carbocycles. The molecule has 2 aromatic rings. The van der Waals surface area contributed by atoms with Crippen molar-refractivity contribution in [3.8, 4) is 0 Å². The highest BCUT2D eigenvalue weighted by molar-refractivity contribution is 5.96. The van der Waals surface area contributed by atoms with E-state index >= 15 is 0 Å². The monoisotopic (exact) mass is 259 g/mol. The highest BCUT2D eigenvalue weighted by Crippen LogP contribution is 2.20. The predicted molar refractivity (Wildman–Crippen MR) is 74.5 cm³/mol. The van der Waals surface area contributed by atoms with Crippen LogP contribution in [0.1, 0.15) is 19.4 Å². The summed E-state index contributed by atoms with van der Waals surface area (Å²) in [5.41, 5.74) is 1.95. The summed E-state index contributed by atoms with van der Waals surface area (Å²) in [4.78, 5) is 14.9. The average Bonchev–Trinajstić information content (AvgIpc) is 2.87. The first-order valence-corrected chi connectivity index (χ1v) is 6.34. The van der Waals surface area contributed by atoms with Crippen LogP contribution in [0.4, 0.5) is 0 Å². The molecule has 1 N–H and O–H groups in total. The summed E-state index contributed by atoms with van der Waals surface area (Å²) in [5, 5.41) is 1.05. The molecular formula is C15H17NO3. The van der Waals surface area contributed by atoms with E-state index in [-0.39, 0.29) is 5.76 Å². The Morgan fingerprint density at radius 1 is 1.21 bits per heavy atom. The molecule has 4 heteroatoms. The molecule has 0 amide bonds. The Hall–Kier alpha value is -2.23. The summed E-state index contributed by atoms with van der Waals surface area (Å²) in [6.45, 7) is 4.36. The number of benzene rings is 1. The Balaban J connectivity index is 2.40.